The summed E-state index contributed by atoms with van der Waals surface area (Å²) < 4.78 is 18.3. The average Bonchev–Trinajstić information content (AvgIpc) is 3.65. The number of imidazole rings is 1. The van der Waals surface area contributed by atoms with Crippen molar-refractivity contribution in [3.05, 3.63) is 93.8 Å². The number of halogens is 2. The molecule has 5 rings (SSSR count). The number of carbonyl (C=O) groups excluding carboxylic acids is 2. The molecule has 1 aliphatic rings. The first-order valence-corrected chi connectivity index (χ1v) is 14.7. The van der Waals surface area contributed by atoms with Crippen LogP contribution in [0.1, 0.15) is 56.8 Å². The Hall–Kier alpha value is -4.24. The largest absolute Gasteiger partial charge is 0.341 e. The first-order chi connectivity index (χ1) is 20.4. The Kier molecular flexibility index (Phi) is 8.29. The van der Waals surface area contributed by atoms with Crippen molar-refractivity contribution in [2.24, 2.45) is 7.05 Å². The van der Waals surface area contributed by atoms with Crippen LogP contribution in [0.3, 0.4) is 0 Å². The maximum atomic E-state index is 14.7. The Balaban J connectivity index is 1.44. The predicted octanol–water partition coefficient (Wildman–Crippen LogP) is 6.19. The topological polar surface area (TPSA) is 98.0 Å². The summed E-state index contributed by atoms with van der Waals surface area (Å²) in [5.74, 6) is -1.92. The lowest BCUT2D eigenvalue weighted by molar-refractivity contribution is -0.131. The molecule has 0 aliphatic heterocycles. The highest BCUT2D eigenvalue weighted by Crippen LogP contribution is 2.40. The van der Waals surface area contributed by atoms with E-state index in [4.69, 9.17) is 11.6 Å². The van der Waals surface area contributed by atoms with Crippen LogP contribution in [-0.2, 0) is 16.6 Å². The van der Waals surface area contributed by atoms with E-state index < -0.39 is 29.4 Å². The third-order valence-corrected chi connectivity index (χ3v) is 8.37. The summed E-state index contributed by atoms with van der Waals surface area (Å²) in [7, 11) is 1.91. The lowest BCUT2D eigenvalue weighted by Gasteiger charge is -2.26. The molecular formula is C33H35ClFN5O3. The van der Waals surface area contributed by atoms with Gasteiger partial charge in [0.1, 0.15) is 6.04 Å². The van der Waals surface area contributed by atoms with E-state index in [0.29, 0.717) is 16.3 Å². The summed E-state index contributed by atoms with van der Waals surface area (Å²) in [5, 5.41) is 5.95. The molecule has 8 nitrogen and oxygen atoms in total. The maximum Gasteiger partial charge on any atom is 0.258 e. The van der Waals surface area contributed by atoms with Gasteiger partial charge < -0.3 is 19.8 Å². The standard InChI is InChI=1S/C33H35ClFN5O3/c1-19(2)40-17-24(9-13-28(40)41)23-8-12-27(34)26(16-23)20(3)29(38-32(43)33(35)14-15-33)31(42)37-25-10-6-22(7-11-25)30-21(4)36-18-39(30)5/h6-13,16-20,29H,14-15H2,1-5H3,(H,37,42)(H,38,43). The van der Waals surface area contributed by atoms with Crippen LogP contribution in [0.5, 0.6) is 0 Å². The molecule has 224 valence electrons. The second-order valence-corrected chi connectivity index (χ2v) is 12.0. The summed E-state index contributed by atoms with van der Waals surface area (Å²) in [6, 6.07) is 14.8. The summed E-state index contributed by atoms with van der Waals surface area (Å²) in [6.45, 7) is 7.56. The summed E-state index contributed by atoms with van der Waals surface area (Å²) >= 11 is 6.64. The van der Waals surface area contributed by atoms with Crippen molar-refractivity contribution >= 4 is 29.1 Å². The van der Waals surface area contributed by atoms with Crippen molar-refractivity contribution in [1.29, 1.82) is 0 Å². The van der Waals surface area contributed by atoms with Gasteiger partial charge in [-0.1, -0.05) is 36.7 Å². The number of pyridine rings is 1. The molecule has 4 aromatic rings. The maximum absolute atomic E-state index is 14.7. The highest BCUT2D eigenvalue weighted by Gasteiger charge is 2.52. The van der Waals surface area contributed by atoms with Crippen LogP contribution in [0.4, 0.5) is 10.1 Å². The molecule has 2 atom stereocenters. The SMILES string of the molecule is Cc1ncn(C)c1-c1ccc(NC(=O)C(NC(=O)C2(F)CC2)C(C)c2cc(-c3ccc(=O)n(C(C)C)c3)ccc2Cl)cc1. The third-order valence-electron chi connectivity index (χ3n) is 8.03. The minimum absolute atomic E-state index is 0.0286. The van der Waals surface area contributed by atoms with E-state index >= 15 is 0 Å². The molecular weight excluding hydrogens is 569 g/mol. The van der Waals surface area contributed by atoms with Gasteiger partial charge >= 0.3 is 0 Å². The zero-order valence-corrected chi connectivity index (χ0v) is 25.6. The van der Waals surface area contributed by atoms with Crippen molar-refractivity contribution in [3.8, 4) is 22.4 Å². The quantitative estimate of drug-likeness (QED) is 0.238. The zero-order chi connectivity index (χ0) is 31.1. The van der Waals surface area contributed by atoms with Gasteiger partial charge in [-0.15, -0.1) is 0 Å². The molecule has 2 aromatic carbocycles. The minimum atomic E-state index is -1.96. The molecule has 1 saturated carbocycles. The molecule has 0 saturated heterocycles. The van der Waals surface area contributed by atoms with Gasteiger partial charge in [-0.05, 0) is 80.6 Å². The molecule has 1 aliphatic carbocycles. The number of amides is 2. The first-order valence-electron chi connectivity index (χ1n) is 14.3. The second kappa shape index (κ2) is 11.8. The van der Waals surface area contributed by atoms with Gasteiger partial charge in [0.25, 0.3) is 11.5 Å². The predicted molar refractivity (Wildman–Crippen MR) is 167 cm³/mol. The number of benzene rings is 2. The molecule has 10 heteroatoms. The van der Waals surface area contributed by atoms with E-state index in [1.807, 2.05) is 56.7 Å². The molecule has 2 unspecified atom stereocenters. The summed E-state index contributed by atoms with van der Waals surface area (Å²) in [4.78, 5) is 43.2. The normalized spacial score (nSPS) is 15.2. The smallest absolute Gasteiger partial charge is 0.258 e. The molecule has 2 N–H and O–H groups in total. The average molecular weight is 604 g/mol. The van der Waals surface area contributed by atoms with E-state index in [1.54, 1.807) is 48.3 Å². The van der Waals surface area contributed by atoms with Gasteiger partial charge in [-0.2, -0.15) is 0 Å². The van der Waals surface area contributed by atoms with Gasteiger partial charge in [0.05, 0.1) is 17.7 Å². The number of nitrogens with one attached hydrogen (secondary N) is 2. The van der Waals surface area contributed by atoms with Crippen LogP contribution in [0.25, 0.3) is 22.4 Å². The van der Waals surface area contributed by atoms with Crippen LogP contribution in [0.15, 0.2) is 71.9 Å². The van der Waals surface area contributed by atoms with E-state index in [-0.39, 0.29) is 24.4 Å². The van der Waals surface area contributed by atoms with Gasteiger partial charge in [-0.3, -0.25) is 14.4 Å². The molecule has 2 heterocycles. The van der Waals surface area contributed by atoms with Crippen molar-refractivity contribution in [2.75, 3.05) is 5.32 Å². The molecule has 0 radical (unpaired) electrons. The Labute approximate surface area is 254 Å². The van der Waals surface area contributed by atoms with Crippen molar-refractivity contribution in [1.82, 2.24) is 19.4 Å². The number of alkyl halides is 1. The Morgan fingerprint density at radius 2 is 1.65 bits per heavy atom. The molecule has 0 spiro atoms. The fraction of sp³-hybridized carbons (Fsp3) is 0.333. The first kappa shape index (κ1) is 30.2. The van der Waals surface area contributed by atoms with Gasteiger partial charge in [-0.25, -0.2) is 9.37 Å². The fourth-order valence-electron chi connectivity index (χ4n) is 5.25. The van der Waals surface area contributed by atoms with Crippen LogP contribution >= 0.6 is 11.6 Å². The molecule has 2 aromatic heterocycles. The van der Waals surface area contributed by atoms with Crippen molar-refractivity contribution in [3.63, 3.8) is 0 Å². The number of hydrogen-bond acceptors (Lipinski definition) is 4. The van der Waals surface area contributed by atoms with E-state index in [0.717, 1.165) is 28.1 Å². The van der Waals surface area contributed by atoms with Crippen molar-refractivity contribution < 1.29 is 14.0 Å². The number of rotatable bonds is 9. The highest BCUT2D eigenvalue weighted by atomic mass is 35.5. The number of anilines is 1. The lowest BCUT2D eigenvalue weighted by Crippen LogP contribution is -2.50. The van der Waals surface area contributed by atoms with Gasteiger partial charge in [0.15, 0.2) is 5.67 Å². The van der Waals surface area contributed by atoms with E-state index in [1.165, 1.54) is 6.07 Å². The Morgan fingerprint density at radius 1 is 1.00 bits per heavy atom. The van der Waals surface area contributed by atoms with Crippen LogP contribution < -0.4 is 16.2 Å². The second-order valence-electron chi connectivity index (χ2n) is 11.6. The number of aryl methyl sites for hydroxylation is 2. The molecule has 1 fully saturated rings. The van der Waals surface area contributed by atoms with Crippen molar-refractivity contribution in [2.45, 2.75) is 64.2 Å². The summed E-state index contributed by atoms with van der Waals surface area (Å²) in [5.41, 5.74) is 3.44. The number of nitrogens with zero attached hydrogens (tertiary/aromatic N) is 3. The van der Waals surface area contributed by atoms with E-state index in [9.17, 15) is 18.8 Å². The van der Waals surface area contributed by atoms with Crippen LogP contribution in [0, 0.1) is 6.92 Å². The Bertz CT molecular complexity index is 1720. The van der Waals surface area contributed by atoms with E-state index in [2.05, 4.69) is 15.6 Å². The highest BCUT2D eigenvalue weighted by molar-refractivity contribution is 6.31. The van der Waals surface area contributed by atoms with Gasteiger partial charge in [0.2, 0.25) is 5.91 Å². The number of aromatic nitrogens is 3. The van der Waals surface area contributed by atoms with Gasteiger partial charge in [0, 0.05) is 47.5 Å². The molecule has 43 heavy (non-hydrogen) atoms. The third kappa shape index (κ3) is 6.27. The summed E-state index contributed by atoms with van der Waals surface area (Å²) in [6.07, 6.45) is 3.78. The zero-order valence-electron chi connectivity index (χ0n) is 24.8. The van der Waals surface area contributed by atoms with Crippen LogP contribution in [-0.4, -0.2) is 37.6 Å². The molecule has 0 bridgehead atoms. The minimum Gasteiger partial charge on any atom is -0.341 e. The van der Waals surface area contributed by atoms with Crippen LogP contribution in [0.2, 0.25) is 5.02 Å². The number of hydrogen-bond donors (Lipinski definition) is 2. The monoisotopic (exact) mass is 603 g/mol. The lowest BCUT2D eigenvalue weighted by atomic mass is 9.90. The molecule has 2 amide bonds. The Morgan fingerprint density at radius 3 is 2.26 bits per heavy atom. The fourth-order valence-corrected chi connectivity index (χ4v) is 5.54. The number of carbonyl (C=O) groups is 2.